The average molecular weight is 440 g/mol. The molecule has 0 unspecified atom stereocenters. The fourth-order valence-electron chi connectivity index (χ4n) is 3.66. The van der Waals surface area contributed by atoms with Crippen molar-refractivity contribution >= 4 is 29.1 Å². The van der Waals surface area contributed by atoms with Crippen molar-refractivity contribution in [2.24, 2.45) is 11.8 Å². The van der Waals surface area contributed by atoms with E-state index < -0.39 is 12.0 Å². The number of anilines is 2. The number of nitrogens with zero attached hydrogens (tertiary/aromatic N) is 1. The summed E-state index contributed by atoms with van der Waals surface area (Å²) in [4.78, 5) is 40.0. The van der Waals surface area contributed by atoms with E-state index in [-0.39, 0.29) is 36.6 Å². The van der Waals surface area contributed by atoms with E-state index in [2.05, 4.69) is 10.6 Å². The van der Waals surface area contributed by atoms with Gasteiger partial charge >= 0.3 is 0 Å². The van der Waals surface area contributed by atoms with Gasteiger partial charge in [-0.25, -0.2) is 0 Å². The van der Waals surface area contributed by atoms with Crippen molar-refractivity contribution in [3.05, 3.63) is 48.5 Å². The molecule has 0 spiro atoms. The first-order valence-corrected chi connectivity index (χ1v) is 10.5. The number of hydrogen-bond acceptors (Lipinski definition) is 5. The molecule has 2 N–H and O–H groups in total. The minimum Gasteiger partial charge on any atom is -0.497 e. The van der Waals surface area contributed by atoms with Crippen LogP contribution >= 0.6 is 0 Å². The molecule has 8 nitrogen and oxygen atoms in total. The number of ether oxygens (including phenoxy) is 2. The number of carbonyl (C=O) groups excluding carboxylic acids is 3. The highest BCUT2D eigenvalue weighted by molar-refractivity contribution is 6.02. The molecule has 2 aromatic rings. The number of benzene rings is 2. The van der Waals surface area contributed by atoms with E-state index in [1.807, 2.05) is 44.2 Å². The van der Waals surface area contributed by atoms with Crippen LogP contribution in [0.5, 0.6) is 11.5 Å². The summed E-state index contributed by atoms with van der Waals surface area (Å²) >= 11 is 0. The third-order valence-electron chi connectivity index (χ3n) is 5.48. The quantitative estimate of drug-likeness (QED) is 0.659. The van der Waals surface area contributed by atoms with Gasteiger partial charge in [0.05, 0.1) is 25.8 Å². The highest BCUT2D eigenvalue weighted by Gasteiger charge is 2.37. The van der Waals surface area contributed by atoms with Gasteiger partial charge in [0.2, 0.25) is 17.7 Å². The molecule has 2 atom stereocenters. The lowest BCUT2D eigenvalue weighted by Gasteiger charge is -2.24. The van der Waals surface area contributed by atoms with E-state index in [0.29, 0.717) is 17.2 Å². The summed E-state index contributed by atoms with van der Waals surface area (Å²) in [5, 5.41) is 5.66. The molecule has 2 aromatic carbocycles. The largest absolute Gasteiger partial charge is 0.497 e. The maximum Gasteiger partial charge on any atom is 0.247 e. The second-order valence-corrected chi connectivity index (χ2v) is 8.03. The van der Waals surface area contributed by atoms with Crippen LogP contribution in [-0.4, -0.2) is 44.5 Å². The van der Waals surface area contributed by atoms with Crippen LogP contribution in [-0.2, 0) is 14.4 Å². The van der Waals surface area contributed by atoms with Gasteiger partial charge in [-0.15, -0.1) is 0 Å². The molecule has 1 heterocycles. The van der Waals surface area contributed by atoms with Crippen LogP contribution in [0, 0.1) is 11.8 Å². The Balaban J connectivity index is 1.68. The number of para-hydroxylation sites is 1. The van der Waals surface area contributed by atoms with Crippen molar-refractivity contribution < 1.29 is 23.9 Å². The average Bonchev–Trinajstić information content (AvgIpc) is 3.19. The zero-order valence-electron chi connectivity index (χ0n) is 18.8. The van der Waals surface area contributed by atoms with Gasteiger partial charge in [0.1, 0.15) is 17.5 Å². The van der Waals surface area contributed by atoms with E-state index in [0.717, 1.165) is 5.69 Å². The number of amides is 3. The first kappa shape index (κ1) is 23.1. The van der Waals surface area contributed by atoms with Gasteiger partial charge in [0.25, 0.3) is 0 Å². The van der Waals surface area contributed by atoms with E-state index in [1.54, 1.807) is 30.2 Å². The van der Waals surface area contributed by atoms with Crippen LogP contribution in [0.2, 0.25) is 0 Å². The Morgan fingerprint density at radius 1 is 1.06 bits per heavy atom. The predicted molar refractivity (Wildman–Crippen MR) is 122 cm³/mol. The second kappa shape index (κ2) is 10.2. The Morgan fingerprint density at radius 3 is 2.41 bits per heavy atom. The van der Waals surface area contributed by atoms with Gasteiger partial charge in [-0.2, -0.15) is 0 Å². The Hall–Kier alpha value is -3.55. The molecule has 0 radical (unpaired) electrons. The molecule has 1 aliphatic heterocycles. The van der Waals surface area contributed by atoms with Crippen LogP contribution in [0.25, 0.3) is 0 Å². The van der Waals surface area contributed by atoms with Crippen LogP contribution in [0.1, 0.15) is 20.3 Å². The topological polar surface area (TPSA) is 97.0 Å². The van der Waals surface area contributed by atoms with Gasteiger partial charge in [-0.3, -0.25) is 14.4 Å². The Labute approximate surface area is 187 Å². The molecular formula is C24H29N3O5. The van der Waals surface area contributed by atoms with E-state index >= 15 is 0 Å². The summed E-state index contributed by atoms with van der Waals surface area (Å²) in [5.41, 5.74) is 1.24. The molecule has 0 bridgehead atoms. The maximum atomic E-state index is 13.0. The molecular weight excluding hydrogens is 410 g/mol. The lowest BCUT2D eigenvalue weighted by molar-refractivity contribution is -0.130. The molecule has 3 rings (SSSR count). The molecule has 32 heavy (non-hydrogen) atoms. The Bertz CT molecular complexity index is 977. The molecule has 0 aromatic heterocycles. The lowest BCUT2D eigenvalue weighted by Crippen LogP contribution is -2.49. The number of carbonyl (C=O) groups is 3. The fourth-order valence-corrected chi connectivity index (χ4v) is 3.66. The lowest BCUT2D eigenvalue weighted by atomic mass is 10.0. The van der Waals surface area contributed by atoms with Crippen LogP contribution < -0.4 is 25.0 Å². The summed E-state index contributed by atoms with van der Waals surface area (Å²) in [6, 6.07) is 13.5. The molecule has 3 amide bonds. The van der Waals surface area contributed by atoms with E-state index in [1.165, 1.54) is 7.11 Å². The molecule has 1 aliphatic rings. The van der Waals surface area contributed by atoms with Crippen molar-refractivity contribution in [2.45, 2.75) is 26.3 Å². The fraction of sp³-hybridized carbons (Fsp3) is 0.375. The number of rotatable bonds is 8. The zero-order valence-corrected chi connectivity index (χ0v) is 18.8. The second-order valence-electron chi connectivity index (χ2n) is 8.03. The summed E-state index contributed by atoms with van der Waals surface area (Å²) in [6.07, 6.45) is 0.111. The summed E-state index contributed by atoms with van der Waals surface area (Å²) in [5.74, 6) is -0.412. The molecule has 170 valence electrons. The van der Waals surface area contributed by atoms with Crippen molar-refractivity contribution in [2.75, 3.05) is 31.0 Å². The minimum atomic E-state index is -0.768. The Kier molecular flexibility index (Phi) is 7.35. The SMILES string of the molecule is COc1ccc(NC(=O)[C@@H](NC(=O)[C@H]2CC(=O)N(c3ccccc3)C2)C(C)C)c(OC)c1. The maximum absolute atomic E-state index is 13.0. The number of methoxy groups -OCH3 is 2. The normalized spacial score (nSPS) is 16.6. The van der Waals surface area contributed by atoms with Crippen LogP contribution in [0.15, 0.2) is 48.5 Å². The van der Waals surface area contributed by atoms with Gasteiger partial charge in [0.15, 0.2) is 0 Å². The number of nitrogens with one attached hydrogen (secondary N) is 2. The molecule has 8 heteroatoms. The van der Waals surface area contributed by atoms with Crippen molar-refractivity contribution in [3.63, 3.8) is 0 Å². The molecule has 1 fully saturated rings. The summed E-state index contributed by atoms with van der Waals surface area (Å²) in [6.45, 7) is 3.99. The van der Waals surface area contributed by atoms with Crippen LogP contribution in [0.3, 0.4) is 0 Å². The van der Waals surface area contributed by atoms with Crippen molar-refractivity contribution in [3.8, 4) is 11.5 Å². The highest BCUT2D eigenvalue weighted by Crippen LogP contribution is 2.29. The predicted octanol–water partition coefficient (Wildman–Crippen LogP) is 2.84. The van der Waals surface area contributed by atoms with Crippen LogP contribution in [0.4, 0.5) is 11.4 Å². The van der Waals surface area contributed by atoms with Crippen molar-refractivity contribution in [1.29, 1.82) is 0 Å². The first-order chi connectivity index (χ1) is 15.3. The van der Waals surface area contributed by atoms with E-state index in [9.17, 15) is 14.4 Å². The van der Waals surface area contributed by atoms with Crippen molar-refractivity contribution in [1.82, 2.24) is 5.32 Å². The molecule has 1 saturated heterocycles. The highest BCUT2D eigenvalue weighted by atomic mass is 16.5. The minimum absolute atomic E-state index is 0.107. The summed E-state index contributed by atoms with van der Waals surface area (Å²) < 4.78 is 10.5. The molecule has 0 aliphatic carbocycles. The summed E-state index contributed by atoms with van der Waals surface area (Å²) in [7, 11) is 3.05. The molecule has 0 saturated carbocycles. The standard InChI is InChI=1S/C24H29N3O5/c1-15(2)22(24(30)25-19-11-10-18(31-3)13-20(19)32-4)26-23(29)16-12-21(28)27(14-16)17-8-6-5-7-9-17/h5-11,13,15-16,22H,12,14H2,1-4H3,(H,25,30)(H,26,29)/t16-,22-/m0/s1. The third kappa shape index (κ3) is 5.19. The number of hydrogen-bond donors (Lipinski definition) is 2. The Morgan fingerprint density at radius 2 is 1.78 bits per heavy atom. The monoisotopic (exact) mass is 439 g/mol. The zero-order chi connectivity index (χ0) is 23.3. The van der Waals surface area contributed by atoms with Gasteiger partial charge in [-0.05, 0) is 30.2 Å². The van der Waals surface area contributed by atoms with Gasteiger partial charge in [0, 0.05) is 24.7 Å². The first-order valence-electron chi connectivity index (χ1n) is 10.5. The smallest absolute Gasteiger partial charge is 0.247 e. The van der Waals surface area contributed by atoms with E-state index in [4.69, 9.17) is 9.47 Å². The van der Waals surface area contributed by atoms with Gasteiger partial charge < -0.3 is 25.0 Å². The third-order valence-corrected chi connectivity index (χ3v) is 5.48. The van der Waals surface area contributed by atoms with Gasteiger partial charge in [-0.1, -0.05) is 32.0 Å².